The monoisotopic (exact) mass is 1020 g/mol. The first-order valence-corrected chi connectivity index (χ1v) is 27.8. The fourth-order valence-electron chi connectivity index (χ4n) is 12.8. The summed E-state index contributed by atoms with van der Waals surface area (Å²) in [5.74, 6) is 0.115. The molecule has 2 aliphatic carbocycles. The minimum atomic E-state index is -4.62. The van der Waals surface area contributed by atoms with E-state index in [-0.39, 0.29) is 34.7 Å². The molecule has 388 valence electrons. The minimum Gasteiger partial charge on any atom is -0.468 e. The van der Waals surface area contributed by atoms with Crippen molar-refractivity contribution in [3.05, 3.63) is 106 Å². The number of ether oxygens (including phenoxy) is 3. The number of pyridine rings is 1. The number of aromatic nitrogens is 2. The molecule has 3 saturated heterocycles. The van der Waals surface area contributed by atoms with Crippen LogP contribution in [0.25, 0.3) is 11.0 Å². The number of amides is 1. The number of H-pyrrole nitrogens is 1. The molecule has 5 fully saturated rings. The van der Waals surface area contributed by atoms with Gasteiger partial charge in [0, 0.05) is 62.2 Å². The molecule has 18 heteroatoms. The standard InChI is InChI=1S/C55H68N8O9S/c1-35(2)41-6-4-5-7-42(41)49-33-71-27-25-61(49)39-14-19-55(31-39)20-23-60(24-21-55)38-8-10-43(46(29-38)62-45-16-26-70-34-50(45)72-53-48(62)28-37-15-22-56-51(37)58-53)52(64)59-73(68,69)40-9-11-44(47(30-40)63(66)67)57-32-36-12-17-54(3,65)18-13-36/h4-11,15,22,28-30,35-36,39,45,49-50,57,65H,12-14,16-21,23-27,31-34H2,1-3H3,(H,56,58)(H,59,64)/t36-,39-,45-,49-,50-,54-/m0/s1. The van der Waals surface area contributed by atoms with Gasteiger partial charge in [0.2, 0.25) is 5.88 Å². The third-order valence-electron chi connectivity index (χ3n) is 17.0. The van der Waals surface area contributed by atoms with Gasteiger partial charge in [-0.05, 0) is 142 Å². The second kappa shape index (κ2) is 19.8. The highest BCUT2D eigenvalue weighted by Crippen LogP contribution is 2.51. The summed E-state index contributed by atoms with van der Waals surface area (Å²) in [5, 5.41) is 26.8. The number of benzene rings is 3. The molecule has 73 heavy (non-hydrogen) atoms. The summed E-state index contributed by atoms with van der Waals surface area (Å²) in [6.45, 7) is 11.6. The van der Waals surface area contributed by atoms with E-state index >= 15 is 0 Å². The molecule has 2 aromatic heterocycles. The van der Waals surface area contributed by atoms with Crippen LogP contribution < -0.4 is 24.6 Å². The number of anilines is 4. The number of carbonyl (C=O) groups is 1. The summed E-state index contributed by atoms with van der Waals surface area (Å²) < 4.78 is 49.3. The van der Waals surface area contributed by atoms with Crippen LogP contribution in [0.3, 0.4) is 0 Å². The quantitative estimate of drug-likeness (QED) is 0.0681. The molecule has 4 N–H and O–H groups in total. The van der Waals surface area contributed by atoms with Gasteiger partial charge in [0.1, 0.15) is 23.1 Å². The van der Waals surface area contributed by atoms with E-state index in [1.807, 2.05) is 37.4 Å². The van der Waals surface area contributed by atoms with Gasteiger partial charge in [0.05, 0.1) is 58.6 Å². The molecule has 3 aromatic carbocycles. The third-order valence-corrected chi connectivity index (χ3v) is 18.4. The van der Waals surface area contributed by atoms with Crippen molar-refractivity contribution >= 4 is 55.4 Å². The van der Waals surface area contributed by atoms with Crippen molar-refractivity contribution in [3.8, 4) is 5.88 Å². The lowest BCUT2D eigenvalue weighted by Gasteiger charge is -2.46. The smallest absolute Gasteiger partial charge is 0.293 e. The predicted octanol–water partition coefficient (Wildman–Crippen LogP) is 8.97. The summed E-state index contributed by atoms with van der Waals surface area (Å²) in [6, 6.07) is 22.5. The van der Waals surface area contributed by atoms with Gasteiger partial charge in [0.25, 0.3) is 21.6 Å². The van der Waals surface area contributed by atoms with Gasteiger partial charge in [0.15, 0.2) is 0 Å². The maximum atomic E-state index is 14.8. The number of carbonyl (C=O) groups excluding carboxylic acids is 1. The van der Waals surface area contributed by atoms with Crippen molar-refractivity contribution in [2.75, 3.05) is 67.7 Å². The summed E-state index contributed by atoms with van der Waals surface area (Å²) in [6.07, 6.45) is 10.3. The molecule has 0 bridgehead atoms. The zero-order valence-electron chi connectivity index (χ0n) is 42.1. The Bertz CT molecular complexity index is 2980. The average molecular weight is 1020 g/mol. The van der Waals surface area contributed by atoms with Crippen LogP contribution in [-0.4, -0.2) is 116 Å². The number of rotatable bonds is 12. The van der Waals surface area contributed by atoms with Gasteiger partial charge in [-0.2, -0.15) is 4.98 Å². The summed E-state index contributed by atoms with van der Waals surface area (Å²) in [5.41, 5.74) is 4.86. The van der Waals surface area contributed by atoms with Crippen LogP contribution in [0, 0.1) is 21.4 Å². The molecule has 1 amide bonds. The van der Waals surface area contributed by atoms with Crippen LogP contribution >= 0.6 is 0 Å². The van der Waals surface area contributed by atoms with E-state index in [1.54, 1.807) is 6.07 Å². The zero-order valence-corrected chi connectivity index (χ0v) is 42.9. The number of nitro groups is 1. The number of aliphatic hydroxyl groups is 1. The Kier molecular flexibility index (Phi) is 13.4. The number of aromatic amines is 1. The Morgan fingerprint density at radius 1 is 0.932 bits per heavy atom. The van der Waals surface area contributed by atoms with Crippen LogP contribution in [0.15, 0.2) is 83.9 Å². The fourth-order valence-corrected chi connectivity index (χ4v) is 13.8. The topological polar surface area (TPSA) is 205 Å². The van der Waals surface area contributed by atoms with Crippen molar-refractivity contribution < 1.29 is 37.5 Å². The molecule has 0 radical (unpaired) electrons. The lowest BCUT2D eigenvalue weighted by Crippen LogP contribution is -2.53. The van der Waals surface area contributed by atoms with Crippen molar-refractivity contribution in [2.24, 2.45) is 11.3 Å². The first-order chi connectivity index (χ1) is 35.1. The average Bonchev–Trinajstić information content (AvgIpc) is 4.03. The molecule has 4 atom stereocenters. The Balaban J connectivity index is 0.872. The Labute approximate surface area is 427 Å². The molecule has 17 nitrogen and oxygen atoms in total. The Hall–Kier alpha value is -5.79. The number of nitro benzene ring substituents is 1. The minimum absolute atomic E-state index is 0.116. The number of nitrogens with zero attached hydrogens (tertiary/aromatic N) is 5. The van der Waals surface area contributed by atoms with Gasteiger partial charge in [-0.1, -0.05) is 38.1 Å². The number of morpholine rings is 1. The first-order valence-electron chi connectivity index (χ1n) is 26.3. The zero-order chi connectivity index (χ0) is 50.6. The molecule has 0 unspecified atom stereocenters. The van der Waals surface area contributed by atoms with Crippen molar-refractivity contribution in [1.82, 2.24) is 19.6 Å². The van der Waals surface area contributed by atoms with E-state index in [0.29, 0.717) is 80.5 Å². The number of sulfonamides is 1. The molecule has 1 spiro atoms. The number of fused-ring (bicyclic) bond motifs is 3. The number of hydrogen-bond donors (Lipinski definition) is 4. The molecule has 6 heterocycles. The van der Waals surface area contributed by atoms with Gasteiger partial charge in [-0.15, -0.1) is 0 Å². The van der Waals surface area contributed by atoms with Crippen molar-refractivity contribution in [1.29, 1.82) is 0 Å². The van der Waals surface area contributed by atoms with E-state index < -0.39 is 43.1 Å². The van der Waals surface area contributed by atoms with Crippen LogP contribution in [0.4, 0.5) is 28.4 Å². The number of piperidine rings is 1. The van der Waals surface area contributed by atoms with E-state index in [2.05, 4.69) is 67.8 Å². The first kappa shape index (κ1) is 49.4. The van der Waals surface area contributed by atoms with Crippen LogP contribution in [-0.2, 0) is 19.5 Å². The van der Waals surface area contributed by atoms with Crippen molar-refractivity contribution in [2.45, 2.75) is 126 Å². The molecular formula is C55H68N8O9S. The summed E-state index contributed by atoms with van der Waals surface area (Å²) >= 11 is 0. The van der Waals surface area contributed by atoms with Crippen molar-refractivity contribution in [3.63, 3.8) is 0 Å². The maximum Gasteiger partial charge on any atom is 0.293 e. The molecule has 2 saturated carbocycles. The van der Waals surface area contributed by atoms with Gasteiger partial charge in [-0.3, -0.25) is 19.8 Å². The van der Waals surface area contributed by atoms with Gasteiger partial charge in [-0.25, -0.2) is 13.1 Å². The Morgan fingerprint density at radius 2 is 1.73 bits per heavy atom. The Morgan fingerprint density at radius 3 is 2.52 bits per heavy atom. The molecule has 11 rings (SSSR count). The van der Waals surface area contributed by atoms with E-state index in [1.165, 1.54) is 29.7 Å². The van der Waals surface area contributed by atoms with Crippen LogP contribution in [0.5, 0.6) is 5.88 Å². The molecule has 5 aromatic rings. The summed E-state index contributed by atoms with van der Waals surface area (Å²) in [4.78, 5) is 41.3. The largest absolute Gasteiger partial charge is 0.468 e. The second-order valence-electron chi connectivity index (χ2n) is 22.1. The molecular weight excluding hydrogens is 949 g/mol. The molecule has 4 aliphatic heterocycles. The van der Waals surface area contributed by atoms with Gasteiger partial charge < -0.3 is 39.4 Å². The van der Waals surface area contributed by atoms with Crippen LogP contribution in [0.1, 0.15) is 118 Å². The highest BCUT2D eigenvalue weighted by atomic mass is 32.2. The SMILES string of the molecule is CC(C)c1ccccc1[C@@H]1COCCN1[C@H]1CCC2(CCN(c3ccc(C(=O)NS(=O)(=O)c4ccc(NC[C@H]5CC[C@](C)(O)CC5)c([N+](=O)[O-])c4)c(N4c5cc6cc[nH]c6nc5O[C@H]5COCC[C@@H]54)c3)CC2)C1. The lowest BCUT2D eigenvalue weighted by atomic mass is 9.76. The van der Waals surface area contributed by atoms with E-state index in [0.717, 1.165) is 81.9 Å². The lowest BCUT2D eigenvalue weighted by molar-refractivity contribution is -0.384. The normalized spacial score (nSPS) is 26.3. The number of hydrogen-bond acceptors (Lipinski definition) is 14. The predicted molar refractivity (Wildman–Crippen MR) is 279 cm³/mol. The highest BCUT2D eigenvalue weighted by molar-refractivity contribution is 7.90. The van der Waals surface area contributed by atoms with E-state index in [9.17, 15) is 28.4 Å². The van der Waals surface area contributed by atoms with Crippen LogP contribution in [0.2, 0.25) is 0 Å². The van der Waals surface area contributed by atoms with E-state index in [4.69, 9.17) is 19.2 Å². The number of nitrogens with one attached hydrogen (secondary N) is 3. The highest BCUT2D eigenvalue weighted by Gasteiger charge is 2.46. The maximum absolute atomic E-state index is 14.8. The fraction of sp³-hybridized carbons (Fsp3) is 0.527. The second-order valence-corrected chi connectivity index (χ2v) is 23.8. The summed E-state index contributed by atoms with van der Waals surface area (Å²) in [7, 11) is -4.62. The molecule has 6 aliphatic rings. The van der Waals surface area contributed by atoms with Gasteiger partial charge >= 0.3 is 0 Å². The third kappa shape index (κ3) is 9.88.